The number of hydrogen-bond donors (Lipinski definition) is 1. The first-order valence-corrected chi connectivity index (χ1v) is 8.23. The lowest BCUT2D eigenvalue weighted by atomic mass is 9.93. The molecule has 3 nitrogen and oxygen atoms in total. The number of likely N-dealkylation sites (tertiary alicyclic amines) is 1. The van der Waals surface area contributed by atoms with Crippen molar-refractivity contribution in [3.63, 3.8) is 0 Å². The minimum absolute atomic E-state index is 0.287. The Morgan fingerprint density at radius 3 is 2.48 bits per heavy atom. The maximum atomic E-state index is 11.8. The minimum Gasteiger partial charge on any atom is -0.342 e. The van der Waals surface area contributed by atoms with Crippen LogP contribution < -0.4 is 5.32 Å². The molecule has 1 aliphatic rings. The SMILES string of the molecule is CCC(=O)N1CC[C@H](NCc2ccc(CC)cc2)[C@@H](C)C1. The molecule has 2 rings (SSSR count). The summed E-state index contributed by atoms with van der Waals surface area (Å²) in [6.45, 7) is 9.06. The molecule has 1 amide bonds. The number of benzene rings is 1. The molecule has 0 saturated carbocycles. The summed E-state index contributed by atoms with van der Waals surface area (Å²) in [5, 5.41) is 3.66. The van der Waals surface area contributed by atoms with Crippen LogP contribution in [0.1, 0.15) is 44.7 Å². The lowest BCUT2D eigenvalue weighted by molar-refractivity contribution is -0.132. The molecular formula is C18H28N2O. The standard InChI is InChI=1S/C18H28N2O/c1-4-15-6-8-16(9-7-15)12-19-17-10-11-20(13-14(17)3)18(21)5-2/h6-9,14,17,19H,4-5,10-13H2,1-3H3/t14-,17-/m0/s1. The molecule has 1 aromatic rings. The normalized spacial score (nSPS) is 22.3. The van der Waals surface area contributed by atoms with Crippen LogP contribution in [0.5, 0.6) is 0 Å². The third-order valence-electron chi connectivity index (χ3n) is 4.56. The summed E-state index contributed by atoms with van der Waals surface area (Å²) < 4.78 is 0. The molecule has 0 aliphatic carbocycles. The van der Waals surface area contributed by atoms with Gasteiger partial charge in [-0.3, -0.25) is 4.79 Å². The zero-order valence-corrected chi connectivity index (χ0v) is 13.6. The van der Waals surface area contributed by atoms with Gasteiger partial charge in [-0.2, -0.15) is 0 Å². The Hall–Kier alpha value is -1.35. The Balaban J connectivity index is 1.82. The van der Waals surface area contributed by atoms with E-state index in [0.717, 1.165) is 32.5 Å². The molecule has 1 aliphatic heterocycles. The van der Waals surface area contributed by atoms with Crippen LogP contribution in [0.4, 0.5) is 0 Å². The summed E-state index contributed by atoms with van der Waals surface area (Å²) in [6.07, 6.45) is 2.77. The summed E-state index contributed by atoms with van der Waals surface area (Å²) in [7, 11) is 0. The summed E-state index contributed by atoms with van der Waals surface area (Å²) >= 11 is 0. The molecule has 1 fully saturated rings. The van der Waals surface area contributed by atoms with Crippen molar-refractivity contribution in [2.75, 3.05) is 13.1 Å². The predicted octanol–water partition coefficient (Wildman–Crippen LogP) is 2.99. The molecule has 0 spiro atoms. The van der Waals surface area contributed by atoms with Gasteiger partial charge < -0.3 is 10.2 Å². The Morgan fingerprint density at radius 2 is 1.90 bits per heavy atom. The fourth-order valence-electron chi connectivity index (χ4n) is 3.04. The number of aryl methyl sites for hydroxylation is 1. The van der Waals surface area contributed by atoms with Crippen molar-refractivity contribution < 1.29 is 4.79 Å². The first-order valence-electron chi connectivity index (χ1n) is 8.23. The number of nitrogens with zero attached hydrogens (tertiary/aromatic N) is 1. The van der Waals surface area contributed by atoms with Gasteiger partial charge >= 0.3 is 0 Å². The minimum atomic E-state index is 0.287. The van der Waals surface area contributed by atoms with E-state index in [1.807, 2.05) is 11.8 Å². The van der Waals surface area contributed by atoms with Gasteiger partial charge in [-0.1, -0.05) is 45.0 Å². The molecule has 1 N–H and O–H groups in total. The number of rotatable bonds is 5. The van der Waals surface area contributed by atoms with E-state index in [0.29, 0.717) is 18.4 Å². The van der Waals surface area contributed by atoms with Crippen LogP contribution in [-0.4, -0.2) is 29.9 Å². The molecule has 2 atom stereocenters. The van der Waals surface area contributed by atoms with E-state index in [9.17, 15) is 4.79 Å². The topological polar surface area (TPSA) is 32.3 Å². The van der Waals surface area contributed by atoms with Gasteiger partial charge in [-0.25, -0.2) is 0 Å². The Kier molecular flexibility index (Phi) is 5.80. The fraction of sp³-hybridized carbons (Fsp3) is 0.611. The molecule has 116 valence electrons. The van der Waals surface area contributed by atoms with Crippen molar-refractivity contribution in [1.29, 1.82) is 0 Å². The van der Waals surface area contributed by atoms with Crippen molar-refractivity contribution in [3.8, 4) is 0 Å². The van der Waals surface area contributed by atoms with E-state index in [1.165, 1.54) is 11.1 Å². The molecular weight excluding hydrogens is 260 g/mol. The number of amides is 1. The summed E-state index contributed by atoms with van der Waals surface area (Å²) in [6, 6.07) is 9.36. The molecule has 3 heteroatoms. The average Bonchev–Trinajstić information content (AvgIpc) is 2.53. The highest BCUT2D eigenvalue weighted by Gasteiger charge is 2.27. The monoisotopic (exact) mass is 288 g/mol. The first kappa shape index (κ1) is 16.0. The highest BCUT2D eigenvalue weighted by molar-refractivity contribution is 5.75. The Morgan fingerprint density at radius 1 is 1.24 bits per heavy atom. The maximum Gasteiger partial charge on any atom is 0.222 e. The van der Waals surface area contributed by atoms with Gasteiger partial charge in [0.1, 0.15) is 0 Å². The Bertz CT molecular complexity index is 455. The van der Waals surface area contributed by atoms with Gasteiger partial charge in [0.2, 0.25) is 5.91 Å². The summed E-state index contributed by atoms with van der Waals surface area (Å²) in [5.41, 5.74) is 2.73. The molecule has 0 bridgehead atoms. The van der Waals surface area contributed by atoms with Gasteiger partial charge in [0.05, 0.1) is 0 Å². The van der Waals surface area contributed by atoms with Crippen LogP contribution in [0.3, 0.4) is 0 Å². The highest BCUT2D eigenvalue weighted by Crippen LogP contribution is 2.18. The number of hydrogen-bond acceptors (Lipinski definition) is 2. The van der Waals surface area contributed by atoms with E-state index >= 15 is 0 Å². The van der Waals surface area contributed by atoms with Crippen LogP contribution >= 0.6 is 0 Å². The number of carbonyl (C=O) groups excluding carboxylic acids is 1. The zero-order chi connectivity index (χ0) is 15.2. The second kappa shape index (κ2) is 7.60. The lowest BCUT2D eigenvalue weighted by Gasteiger charge is -2.37. The number of nitrogens with one attached hydrogen (secondary N) is 1. The van der Waals surface area contributed by atoms with Gasteiger partial charge in [-0.15, -0.1) is 0 Å². The molecule has 1 heterocycles. The van der Waals surface area contributed by atoms with Crippen LogP contribution in [0.2, 0.25) is 0 Å². The summed E-state index contributed by atoms with van der Waals surface area (Å²) in [5.74, 6) is 0.805. The van der Waals surface area contributed by atoms with Crippen LogP contribution in [0.15, 0.2) is 24.3 Å². The third kappa shape index (κ3) is 4.31. The second-order valence-corrected chi connectivity index (χ2v) is 6.12. The largest absolute Gasteiger partial charge is 0.342 e. The van der Waals surface area contributed by atoms with Gasteiger partial charge in [0.15, 0.2) is 0 Å². The lowest BCUT2D eigenvalue weighted by Crippen LogP contribution is -2.49. The van der Waals surface area contributed by atoms with Crippen LogP contribution in [-0.2, 0) is 17.8 Å². The van der Waals surface area contributed by atoms with Crippen molar-refractivity contribution in [2.45, 2.75) is 52.6 Å². The van der Waals surface area contributed by atoms with Crippen molar-refractivity contribution in [3.05, 3.63) is 35.4 Å². The van der Waals surface area contributed by atoms with E-state index in [1.54, 1.807) is 0 Å². The zero-order valence-electron chi connectivity index (χ0n) is 13.6. The van der Waals surface area contributed by atoms with E-state index in [2.05, 4.69) is 43.4 Å². The van der Waals surface area contributed by atoms with Crippen molar-refractivity contribution in [1.82, 2.24) is 10.2 Å². The Labute approximate surface area is 128 Å². The van der Waals surface area contributed by atoms with E-state index < -0.39 is 0 Å². The number of carbonyl (C=O) groups is 1. The van der Waals surface area contributed by atoms with Crippen molar-refractivity contribution >= 4 is 5.91 Å². The average molecular weight is 288 g/mol. The van der Waals surface area contributed by atoms with E-state index in [-0.39, 0.29) is 5.91 Å². The van der Waals surface area contributed by atoms with Crippen LogP contribution in [0, 0.1) is 5.92 Å². The van der Waals surface area contributed by atoms with Gasteiger partial charge in [-0.05, 0) is 29.9 Å². The number of piperidine rings is 1. The highest BCUT2D eigenvalue weighted by atomic mass is 16.2. The predicted molar refractivity (Wildman–Crippen MR) is 87.1 cm³/mol. The maximum absolute atomic E-state index is 11.8. The molecule has 0 aromatic heterocycles. The van der Waals surface area contributed by atoms with Crippen molar-refractivity contribution in [2.24, 2.45) is 5.92 Å². The second-order valence-electron chi connectivity index (χ2n) is 6.12. The van der Waals surface area contributed by atoms with Gasteiger partial charge in [0, 0.05) is 32.1 Å². The first-order chi connectivity index (χ1) is 10.1. The smallest absolute Gasteiger partial charge is 0.222 e. The molecule has 1 aromatic carbocycles. The molecule has 1 saturated heterocycles. The van der Waals surface area contributed by atoms with Gasteiger partial charge in [0.25, 0.3) is 0 Å². The molecule has 21 heavy (non-hydrogen) atoms. The molecule has 0 radical (unpaired) electrons. The van der Waals surface area contributed by atoms with E-state index in [4.69, 9.17) is 0 Å². The quantitative estimate of drug-likeness (QED) is 0.903. The molecule has 0 unspecified atom stereocenters. The third-order valence-corrected chi connectivity index (χ3v) is 4.56. The summed E-state index contributed by atoms with van der Waals surface area (Å²) in [4.78, 5) is 13.8. The van der Waals surface area contributed by atoms with Crippen LogP contribution in [0.25, 0.3) is 0 Å². The fourth-order valence-corrected chi connectivity index (χ4v) is 3.04.